The van der Waals surface area contributed by atoms with Crippen LogP contribution in [-0.2, 0) is 4.79 Å². The molecule has 0 radical (unpaired) electrons. The number of dihydropyridines is 1. The SMILES string of the molecule is CCCCSC1=C(C#N)C(c2ccccc2Cl)C(C(C)=O)=C(C)N1. The van der Waals surface area contributed by atoms with Crippen LogP contribution in [0.3, 0.4) is 0 Å². The molecule has 1 N–H and O–H groups in total. The number of unbranched alkanes of at least 4 members (excludes halogenated alkanes) is 1. The number of halogens is 1. The summed E-state index contributed by atoms with van der Waals surface area (Å²) in [5, 5.41) is 14.5. The lowest BCUT2D eigenvalue weighted by Gasteiger charge is -2.29. The second-order valence-electron chi connectivity index (χ2n) is 5.73. The highest BCUT2D eigenvalue weighted by atomic mass is 35.5. The van der Waals surface area contributed by atoms with Crippen LogP contribution in [0.1, 0.15) is 45.1 Å². The van der Waals surface area contributed by atoms with Crippen LogP contribution in [0.15, 0.2) is 46.1 Å². The Hall–Kier alpha value is -1.70. The lowest BCUT2D eigenvalue weighted by molar-refractivity contribution is -0.113. The third kappa shape index (κ3) is 3.85. The first-order chi connectivity index (χ1) is 11.5. The van der Waals surface area contributed by atoms with Crippen LogP contribution in [0.25, 0.3) is 0 Å². The molecular weight excluding hydrogens is 340 g/mol. The van der Waals surface area contributed by atoms with Crippen molar-refractivity contribution in [2.75, 3.05) is 5.75 Å². The number of Topliss-reactive ketones (excluding diaryl/α,β-unsaturated/α-hetero) is 1. The summed E-state index contributed by atoms with van der Waals surface area (Å²) in [6, 6.07) is 9.73. The maximum atomic E-state index is 12.3. The molecule has 1 heterocycles. The van der Waals surface area contributed by atoms with Gasteiger partial charge in [0, 0.05) is 16.3 Å². The predicted molar refractivity (Wildman–Crippen MR) is 101 cm³/mol. The van der Waals surface area contributed by atoms with Crippen molar-refractivity contribution >= 4 is 29.1 Å². The van der Waals surface area contributed by atoms with E-state index in [4.69, 9.17) is 11.6 Å². The Morgan fingerprint density at radius 2 is 2.12 bits per heavy atom. The fourth-order valence-corrected chi connectivity index (χ4v) is 4.26. The molecule has 0 aromatic heterocycles. The van der Waals surface area contributed by atoms with Crippen LogP contribution >= 0.6 is 23.4 Å². The molecular formula is C19H21ClN2OS. The molecule has 0 fully saturated rings. The molecule has 1 unspecified atom stereocenters. The first-order valence-electron chi connectivity index (χ1n) is 8.01. The monoisotopic (exact) mass is 360 g/mol. The highest BCUT2D eigenvalue weighted by Gasteiger charge is 2.33. The third-order valence-corrected chi connectivity index (χ3v) is 5.43. The van der Waals surface area contributed by atoms with Crippen LogP contribution in [0.4, 0.5) is 0 Å². The fraction of sp³-hybridized carbons (Fsp3) is 0.368. The van der Waals surface area contributed by atoms with Crippen LogP contribution in [0, 0.1) is 11.3 Å². The van der Waals surface area contributed by atoms with E-state index < -0.39 is 5.92 Å². The zero-order valence-corrected chi connectivity index (χ0v) is 15.7. The zero-order chi connectivity index (χ0) is 17.7. The minimum Gasteiger partial charge on any atom is -0.353 e. The summed E-state index contributed by atoms with van der Waals surface area (Å²) in [5.41, 5.74) is 2.78. The van der Waals surface area contributed by atoms with Crippen molar-refractivity contribution in [1.29, 1.82) is 5.26 Å². The van der Waals surface area contributed by atoms with Crippen molar-refractivity contribution in [3.63, 3.8) is 0 Å². The van der Waals surface area contributed by atoms with Crippen molar-refractivity contribution in [2.45, 2.75) is 39.5 Å². The Kier molecular flexibility index (Phi) is 6.53. The molecule has 0 amide bonds. The summed E-state index contributed by atoms with van der Waals surface area (Å²) in [6.45, 7) is 5.56. The van der Waals surface area contributed by atoms with E-state index in [1.165, 1.54) is 6.92 Å². The summed E-state index contributed by atoms with van der Waals surface area (Å²) in [4.78, 5) is 12.3. The summed E-state index contributed by atoms with van der Waals surface area (Å²) >= 11 is 8.01. The van der Waals surface area contributed by atoms with E-state index in [0.29, 0.717) is 16.2 Å². The van der Waals surface area contributed by atoms with Gasteiger partial charge in [0.05, 0.1) is 22.6 Å². The number of thioether (sulfide) groups is 1. The van der Waals surface area contributed by atoms with Gasteiger partial charge < -0.3 is 5.32 Å². The van der Waals surface area contributed by atoms with Gasteiger partial charge >= 0.3 is 0 Å². The van der Waals surface area contributed by atoms with E-state index in [0.717, 1.165) is 34.9 Å². The number of nitrogens with one attached hydrogen (secondary N) is 1. The normalized spacial score (nSPS) is 17.5. The lowest BCUT2D eigenvalue weighted by Crippen LogP contribution is -2.27. The number of nitrogens with zero attached hydrogens (tertiary/aromatic N) is 1. The predicted octanol–water partition coefficient (Wildman–Crippen LogP) is 5.16. The highest BCUT2D eigenvalue weighted by Crippen LogP contribution is 2.42. The molecule has 1 aliphatic rings. The van der Waals surface area contributed by atoms with Crippen LogP contribution in [0.2, 0.25) is 5.02 Å². The van der Waals surface area contributed by atoms with Crippen LogP contribution in [0.5, 0.6) is 0 Å². The smallest absolute Gasteiger partial charge is 0.158 e. The standard InChI is InChI=1S/C19H21ClN2OS/c1-4-5-10-24-19-15(11-21)18(14-8-6-7-9-16(14)20)17(13(3)23)12(2)22-19/h6-9,18,22H,4-5,10H2,1-3H3. The van der Waals surface area contributed by atoms with E-state index >= 15 is 0 Å². The summed E-state index contributed by atoms with van der Waals surface area (Å²) in [6.07, 6.45) is 2.18. The molecule has 0 aliphatic carbocycles. The minimum atomic E-state index is -0.411. The number of carbonyl (C=O) groups is 1. The molecule has 24 heavy (non-hydrogen) atoms. The lowest BCUT2D eigenvalue weighted by atomic mass is 9.81. The van der Waals surface area contributed by atoms with Gasteiger partial charge in [-0.25, -0.2) is 0 Å². The van der Waals surface area contributed by atoms with Gasteiger partial charge in [0.15, 0.2) is 5.78 Å². The Balaban J connectivity index is 2.57. The number of rotatable bonds is 6. The Labute approximate surface area is 152 Å². The van der Waals surface area contributed by atoms with Gasteiger partial charge in [0.1, 0.15) is 0 Å². The molecule has 0 saturated heterocycles. The van der Waals surface area contributed by atoms with E-state index in [9.17, 15) is 10.1 Å². The number of hydrogen-bond donors (Lipinski definition) is 1. The second-order valence-corrected chi connectivity index (χ2v) is 7.24. The zero-order valence-electron chi connectivity index (χ0n) is 14.1. The molecule has 126 valence electrons. The minimum absolute atomic E-state index is 0.0460. The van der Waals surface area contributed by atoms with E-state index in [1.807, 2.05) is 25.1 Å². The average Bonchev–Trinajstić information content (AvgIpc) is 2.54. The maximum Gasteiger partial charge on any atom is 0.158 e. The highest BCUT2D eigenvalue weighted by molar-refractivity contribution is 8.03. The van der Waals surface area contributed by atoms with E-state index in [1.54, 1.807) is 17.8 Å². The largest absolute Gasteiger partial charge is 0.353 e. The number of allylic oxidation sites excluding steroid dienone is 3. The van der Waals surface area contributed by atoms with Crippen LogP contribution < -0.4 is 5.32 Å². The van der Waals surface area contributed by atoms with Crippen molar-refractivity contribution in [3.8, 4) is 6.07 Å². The molecule has 1 atom stereocenters. The Morgan fingerprint density at radius 1 is 1.42 bits per heavy atom. The second kappa shape index (κ2) is 8.41. The molecule has 1 aromatic carbocycles. The number of benzene rings is 1. The quantitative estimate of drug-likeness (QED) is 0.712. The van der Waals surface area contributed by atoms with Gasteiger partial charge in [-0.1, -0.05) is 43.1 Å². The fourth-order valence-electron chi connectivity index (χ4n) is 2.83. The Morgan fingerprint density at radius 3 is 2.71 bits per heavy atom. The van der Waals surface area contributed by atoms with Crippen LogP contribution in [-0.4, -0.2) is 11.5 Å². The molecule has 3 nitrogen and oxygen atoms in total. The maximum absolute atomic E-state index is 12.3. The molecule has 2 rings (SSSR count). The van der Waals surface area contributed by atoms with E-state index in [-0.39, 0.29) is 5.78 Å². The molecule has 1 aromatic rings. The summed E-state index contributed by atoms with van der Waals surface area (Å²) < 4.78 is 0. The topological polar surface area (TPSA) is 52.9 Å². The van der Waals surface area contributed by atoms with Gasteiger partial charge in [-0.05, 0) is 37.7 Å². The van der Waals surface area contributed by atoms with Crippen molar-refractivity contribution in [3.05, 3.63) is 56.7 Å². The van der Waals surface area contributed by atoms with E-state index in [2.05, 4.69) is 18.3 Å². The number of carbonyl (C=O) groups excluding carboxylic acids is 1. The van der Waals surface area contributed by atoms with Crippen molar-refractivity contribution < 1.29 is 4.79 Å². The van der Waals surface area contributed by atoms with Gasteiger partial charge in [-0.2, -0.15) is 5.26 Å². The number of ketones is 1. The molecule has 0 spiro atoms. The number of nitriles is 1. The third-order valence-electron chi connectivity index (χ3n) is 3.99. The number of hydrogen-bond acceptors (Lipinski definition) is 4. The van der Waals surface area contributed by atoms with Crippen molar-refractivity contribution in [2.24, 2.45) is 0 Å². The summed E-state index contributed by atoms with van der Waals surface area (Å²) in [7, 11) is 0. The summed E-state index contributed by atoms with van der Waals surface area (Å²) in [5.74, 6) is 0.476. The average molecular weight is 361 g/mol. The molecule has 5 heteroatoms. The van der Waals surface area contributed by atoms with Gasteiger partial charge in [-0.3, -0.25) is 4.79 Å². The molecule has 0 saturated carbocycles. The van der Waals surface area contributed by atoms with Gasteiger partial charge in [-0.15, -0.1) is 11.8 Å². The first-order valence-corrected chi connectivity index (χ1v) is 9.37. The molecule has 1 aliphatic heterocycles. The molecule has 0 bridgehead atoms. The van der Waals surface area contributed by atoms with Crippen molar-refractivity contribution in [1.82, 2.24) is 5.32 Å². The first kappa shape index (κ1) is 18.6. The van der Waals surface area contributed by atoms with Gasteiger partial charge in [0.25, 0.3) is 0 Å². The Bertz CT molecular complexity index is 746. The van der Waals surface area contributed by atoms with Gasteiger partial charge in [0.2, 0.25) is 0 Å².